The minimum atomic E-state index is 0.424. The lowest BCUT2D eigenvalue weighted by Crippen LogP contribution is -2.23. The number of anilines is 1. The van der Waals surface area contributed by atoms with Gasteiger partial charge in [0.2, 0.25) is 0 Å². The molecule has 3 rings (SSSR count). The standard InChI is InChI=1S/C13H17NO/c14-11-3-1-2-4-12(11)15-13-8-9-5-6-10(13)7-9/h1-4,9-10,13H,5-8,14H2. The minimum absolute atomic E-state index is 0.424. The van der Waals surface area contributed by atoms with Gasteiger partial charge in [0.05, 0.1) is 5.69 Å². The quantitative estimate of drug-likeness (QED) is 0.750. The Labute approximate surface area is 90.4 Å². The van der Waals surface area contributed by atoms with Crippen LogP contribution in [-0.4, -0.2) is 6.10 Å². The largest absolute Gasteiger partial charge is 0.488 e. The number of fused-ring (bicyclic) bond motifs is 2. The van der Waals surface area contributed by atoms with Gasteiger partial charge in [-0.05, 0) is 49.7 Å². The van der Waals surface area contributed by atoms with E-state index in [1.54, 1.807) is 0 Å². The molecule has 3 unspecified atom stereocenters. The molecule has 0 saturated heterocycles. The van der Waals surface area contributed by atoms with Gasteiger partial charge in [-0.3, -0.25) is 0 Å². The smallest absolute Gasteiger partial charge is 0.142 e. The predicted octanol–water partition coefficient (Wildman–Crippen LogP) is 2.84. The van der Waals surface area contributed by atoms with Gasteiger partial charge < -0.3 is 10.5 Å². The van der Waals surface area contributed by atoms with Crippen molar-refractivity contribution in [2.24, 2.45) is 11.8 Å². The lowest BCUT2D eigenvalue weighted by Gasteiger charge is -2.23. The Kier molecular flexibility index (Phi) is 2.08. The SMILES string of the molecule is Nc1ccccc1OC1CC2CCC1C2. The normalized spacial score (nSPS) is 33.2. The minimum Gasteiger partial charge on any atom is -0.488 e. The van der Waals surface area contributed by atoms with Gasteiger partial charge in [-0.15, -0.1) is 0 Å². The maximum absolute atomic E-state index is 6.02. The molecule has 1 aromatic carbocycles. The fourth-order valence-electron chi connectivity index (χ4n) is 3.08. The Bertz CT molecular complexity index is 363. The van der Waals surface area contributed by atoms with E-state index in [4.69, 9.17) is 10.5 Å². The summed E-state index contributed by atoms with van der Waals surface area (Å²) >= 11 is 0. The van der Waals surface area contributed by atoms with Gasteiger partial charge in [0.1, 0.15) is 11.9 Å². The number of rotatable bonds is 2. The van der Waals surface area contributed by atoms with Crippen LogP contribution in [0.1, 0.15) is 25.7 Å². The van der Waals surface area contributed by atoms with E-state index in [-0.39, 0.29) is 0 Å². The Hall–Kier alpha value is -1.18. The highest BCUT2D eigenvalue weighted by Gasteiger charge is 2.41. The molecule has 2 saturated carbocycles. The summed E-state index contributed by atoms with van der Waals surface area (Å²) in [5, 5.41) is 0. The molecule has 1 aromatic rings. The van der Waals surface area contributed by atoms with Crippen LogP contribution in [0.2, 0.25) is 0 Å². The Balaban J connectivity index is 1.73. The molecule has 2 aliphatic carbocycles. The van der Waals surface area contributed by atoms with Gasteiger partial charge >= 0.3 is 0 Å². The van der Waals surface area contributed by atoms with Crippen LogP contribution in [0.5, 0.6) is 5.75 Å². The highest BCUT2D eigenvalue weighted by Crippen LogP contribution is 2.46. The van der Waals surface area contributed by atoms with E-state index in [2.05, 4.69) is 0 Å². The Morgan fingerprint density at radius 2 is 2.00 bits per heavy atom. The second-order valence-corrected chi connectivity index (χ2v) is 4.87. The fraction of sp³-hybridized carbons (Fsp3) is 0.538. The molecule has 0 aliphatic heterocycles. The first-order chi connectivity index (χ1) is 7.33. The predicted molar refractivity (Wildman–Crippen MR) is 60.7 cm³/mol. The van der Waals surface area contributed by atoms with Gasteiger partial charge in [-0.2, -0.15) is 0 Å². The highest BCUT2D eigenvalue weighted by atomic mass is 16.5. The van der Waals surface area contributed by atoms with Gasteiger partial charge in [0, 0.05) is 0 Å². The zero-order valence-corrected chi connectivity index (χ0v) is 8.86. The Morgan fingerprint density at radius 1 is 1.13 bits per heavy atom. The van der Waals surface area contributed by atoms with Crippen molar-refractivity contribution in [3.63, 3.8) is 0 Å². The summed E-state index contributed by atoms with van der Waals surface area (Å²) in [6.07, 6.45) is 5.79. The average Bonchev–Trinajstić information content (AvgIpc) is 2.83. The molecule has 0 heterocycles. The molecule has 0 spiro atoms. The number of hydrogen-bond acceptors (Lipinski definition) is 2. The Morgan fingerprint density at radius 3 is 2.67 bits per heavy atom. The molecule has 2 nitrogen and oxygen atoms in total. The van der Waals surface area contributed by atoms with Crippen LogP contribution in [0.3, 0.4) is 0 Å². The van der Waals surface area contributed by atoms with E-state index in [0.29, 0.717) is 6.10 Å². The fourth-order valence-corrected chi connectivity index (χ4v) is 3.08. The molecular formula is C13H17NO. The van der Waals surface area contributed by atoms with Gasteiger partial charge in [-0.1, -0.05) is 12.1 Å². The number of ether oxygens (including phenoxy) is 1. The van der Waals surface area contributed by atoms with Gasteiger partial charge in [0.15, 0.2) is 0 Å². The maximum atomic E-state index is 6.02. The number of hydrogen-bond donors (Lipinski definition) is 1. The van der Waals surface area contributed by atoms with E-state index in [1.807, 2.05) is 24.3 Å². The summed E-state index contributed by atoms with van der Waals surface area (Å²) in [5.41, 5.74) is 6.64. The monoisotopic (exact) mass is 203 g/mol. The third kappa shape index (κ3) is 1.58. The molecule has 2 fully saturated rings. The zero-order chi connectivity index (χ0) is 10.3. The van der Waals surface area contributed by atoms with Crippen LogP contribution >= 0.6 is 0 Å². The van der Waals surface area contributed by atoms with Crippen molar-refractivity contribution < 1.29 is 4.74 Å². The molecule has 80 valence electrons. The summed E-state index contributed by atoms with van der Waals surface area (Å²) in [7, 11) is 0. The van der Waals surface area contributed by atoms with Crippen LogP contribution in [0, 0.1) is 11.8 Å². The second kappa shape index (κ2) is 3.44. The number of para-hydroxylation sites is 2. The van der Waals surface area contributed by atoms with Crippen LogP contribution in [0.4, 0.5) is 5.69 Å². The first-order valence-electron chi connectivity index (χ1n) is 5.84. The molecule has 2 N–H and O–H groups in total. The van der Waals surface area contributed by atoms with E-state index in [0.717, 1.165) is 23.3 Å². The topological polar surface area (TPSA) is 35.2 Å². The lowest BCUT2D eigenvalue weighted by atomic mass is 9.98. The van der Waals surface area contributed by atoms with E-state index in [1.165, 1.54) is 25.7 Å². The third-order valence-corrected chi connectivity index (χ3v) is 3.87. The maximum Gasteiger partial charge on any atom is 0.142 e. The first-order valence-corrected chi connectivity index (χ1v) is 5.84. The molecule has 0 radical (unpaired) electrons. The van der Waals surface area contributed by atoms with Crippen LogP contribution in [0.15, 0.2) is 24.3 Å². The van der Waals surface area contributed by atoms with E-state index < -0.39 is 0 Å². The summed E-state index contributed by atoms with van der Waals surface area (Å²) in [6, 6.07) is 7.81. The number of nitrogens with two attached hydrogens (primary N) is 1. The van der Waals surface area contributed by atoms with Crippen molar-refractivity contribution in [3.05, 3.63) is 24.3 Å². The van der Waals surface area contributed by atoms with E-state index in [9.17, 15) is 0 Å². The summed E-state index contributed by atoms with van der Waals surface area (Å²) in [6.45, 7) is 0. The molecule has 0 aromatic heterocycles. The van der Waals surface area contributed by atoms with Crippen molar-refractivity contribution in [2.75, 3.05) is 5.73 Å². The highest BCUT2D eigenvalue weighted by molar-refractivity contribution is 5.51. The molecule has 2 aliphatic rings. The summed E-state index contributed by atoms with van der Waals surface area (Å²) in [5.74, 6) is 2.58. The van der Waals surface area contributed by atoms with Crippen LogP contribution < -0.4 is 10.5 Å². The van der Waals surface area contributed by atoms with Crippen molar-refractivity contribution >= 4 is 5.69 Å². The molecule has 15 heavy (non-hydrogen) atoms. The van der Waals surface area contributed by atoms with Crippen molar-refractivity contribution in [2.45, 2.75) is 31.8 Å². The molecule has 0 amide bonds. The lowest BCUT2D eigenvalue weighted by molar-refractivity contribution is 0.139. The zero-order valence-electron chi connectivity index (χ0n) is 8.86. The number of benzene rings is 1. The number of nitrogen functional groups attached to an aromatic ring is 1. The third-order valence-electron chi connectivity index (χ3n) is 3.87. The first kappa shape index (κ1) is 9.08. The summed E-state index contributed by atoms with van der Waals surface area (Å²) in [4.78, 5) is 0. The van der Waals surface area contributed by atoms with Crippen LogP contribution in [-0.2, 0) is 0 Å². The second-order valence-electron chi connectivity index (χ2n) is 4.87. The van der Waals surface area contributed by atoms with E-state index >= 15 is 0 Å². The molecule has 3 atom stereocenters. The summed E-state index contributed by atoms with van der Waals surface area (Å²) < 4.78 is 6.02. The van der Waals surface area contributed by atoms with Gasteiger partial charge in [0.25, 0.3) is 0 Å². The molecule has 2 bridgehead atoms. The molecular weight excluding hydrogens is 186 g/mol. The van der Waals surface area contributed by atoms with Crippen LogP contribution in [0.25, 0.3) is 0 Å². The van der Waals surface area contributed by atoms with Crippen molar-refractivity contribution in [1.29, 1.82) is 0 Å². The van der Waals surface area contributed by atoms with Crippen molar-refractivity contribution in [3.8, 4) is 5.75 Å². The van der Waals surface area contributed by atoms with Gasteiger partial charge in [-0.25, -0.2) is 0 Å². The average molecular weight is 203 g/mol. The van der Waals surface area contributed by atoms with Crippen molar-refractivity contribution in [1.82, 2.24) is 0 Å². The molecule has 2 heteroatoms.